The third-order valence-corrected chi connectivity index (χ3v) is 5.49. The fourth-order valence-electron chi connectivity index (χ4n) is 4.04. The van der Waals surface area contributed by atoms with Crippen molar-refractivity contribution in [2.45, 2.75) is 13.0 Å². The second-order valence-electron chi connectivity index (χ2n) is 7.42. The van der Waals surface area contributed by atoms with E-state index in [2.05, 4.69) is 4.98 Å². The van der Waals surface area contributed by atoms with Crippen LogP contribution in [0.4, 0.5) is 5.69 Å². The maximum absolute atomic E-state index is 13.1. The number of aromatic amines is 1. The number of carbonyl (C=O) groups is 2. The van der Waals surface area contributed by atoms with Crippen LogP contribution in [-0.2, 0) is 9.59 Å². The Balaban J connectivity index is 1.77. The zero-order chi connectivity index (χ0) is 21.7. The van der Waals surface area contributed by atoms with Crippen molar-refractivity contribution in [3.63, 3.8) is 0 Å². The normalized spacial score (nSPS) is 18.2. The van der Waals surface area contributed by atoms with E-state index in [9.17, 15) is 19.8 Å². The summed E-state index contributed by atoms with van der Waals surface area (Å²) in [5.74, 6) is -1.89. The molecule has 4 aromatic rings. The highest BCUT2D eigenvalue weighted by atomic mass is 16.3. The van der Waals surface area contributed by atoms with E-state index >= 15 is 0 Å². The summed E-state index contributed by atoms with van der Waals surface area (Å²) in [4.78, 5) is 30.4. The first-order chi connectivity index (χ1) is 15.0. The SMILES string of the molecule is Cc1ccc(O)c(N2C(=O)C(=O)/C(=C(\O)c3c[nH]c4ccccc34)C2c2ccco2)c1. The van der Waals surface area contributed by atoms with Crippen molar-refractivity contribution in [2.24, 2.45) is 0 Å². The molecule has 31 heavy (non-hydrogen) atoms. The predicted octanol–water partition coefficient (Wildman–Crippen LogP) is 4.40. The van der Waals surface area contributed by atoms with Crippen LogP contribution in [0, 0.1) is 6.92 Å². The van der Waals surface area contributed by atoms with Crippen LogP contribution in [0.3, 0.4) is 0 Å². The highest BCUT2D eigenvalue weighted by Gasteiger charge is 2.49. The Bertz CT molecular complexity index is 1360. The van der Waals surface area contributed by atoms with Crippen LogP contribution in [0.25, 0.3) is 16.7 Å². The number of hydrogen-bond acceptors (Lipinski definition) is 5. The van der Waals surface area contributed by atoms with Gasteiger partial charge in [0.05, 0.1) is 17.5 Å². The molecule has 2 aromatic carbocycles. The number of furan rings is 1. The van der Waals surface area contributed by atoms with E-state index < -0.39 is 17.7 Å². The minimum atomic E-state index is -1.03. The Morgan fingerprint density at radius 1 is 1.10 bits per heavy atom. The van der Waals surface area contributed by atoms with Crippen LogP contribution >= 0.6 is 0 Å². The number of anilines is 1. The maximum Gasteiger partial charge on any atom is 0.300 e. The van der Waals surface area contributed by atoms with Gasteiger partial charge in [0.15, 0.2) is 0 Å². The standard InChI is InChI=1S/C24H18N2O5/c1-13-8-9-18(27)17(11-13)26-21(19-7-4-10-31-19)20(23(29)24(26)30)22(28)15-12-25-16-6-3-2-5-14(15)16/h2-12,21,25,27-28H,1H3/b22-20-. The highest BCUT2D eigenvalue weighted by molar-refractivity contribution is 6.52. The van der Waals surface area contributed by atoms with Gasteiger partial charge in [-0.25, -0.2) is 0 Å². The number of benzene rings is 2. The van der Waals surface area contributed by atoms with Gasteiger partial charge in [0.2, 0.25) is 0 Å². The van der Waals surface area contributed by atoms with Gasteiger partial charge in [0.25, 0.3) is 11.7 Å². The average Bonchev–Trinajstić information content (AvgIpc) is 3.49. The predicted molar refractivity (Wildman–Crippen MR) is 115 cm³/mol. The van der Waals surface area contributed by atoms with Gasteiger partial charge in [-0.2, -0.15) is 0 Å². The molecule has 3 N–H and O–H groups in total. The fraction of sp³-hybridized carbons (Fsp3) is 0.0833. The number of phenols is 1. The monoisotopic (exact) mass is 414 g/mol. The number of H-pyrrole nitrogens is 1. The summed E-state index contributed by atoms with van der Waals surface area (Å²) >= 11 is 0. The number of Topliss-reactive ketones (excluding diaryl/α,β-unsaturated/α-hetero) is 1. The fourth-order valence-corrected chi connectivity index (χ4v) is 4.04. The summed E-state index contributed by atoms with van der Waals surface area (Å²) in [6, 6.07) is 14.3. The maximum atomic E-state index is 13.1. The zero-order valence-corrected chi connectivity index (χ0v) is 16.5. The molecule has 3 heterocycles. The highest BCUT2D eigenvalue weighted by Crippen LogP contribution is 2.45. The molecule has 1 aliphatic rings. The third-order valence-electron chi connectivity index (χ3n) is 5.49. The molecule has 7 heteroatoms. The molecule has 1 atom stereocenters. The minimum Gasteiger partial charge on any atom is -0.507 e. The number of aromatic nitrogens is 1. The number of rotatable bonds is 3. The van der Waals surface area contributed by atoms with Crippen LogP contribution in [0.1, 0.15) is 22.9 Å². The molecule has 1 aliphatic heterocycles. The number of aliphatic hydroxyl groups is 1. The van der Waals surface area contributed by atoms with Crippen molar-refractivity contribution in [3.05, 3.63) is 89.5 Å². The van der Waals surface area contributed by atoms with Gasteiger partial charge in [-0.05, 0) is 42.8 Å². The Hall–Kier alpha value is -4.26. The largest absolute Gasteiger partial charge is 0.507 e. The number of carbonyl (C=O) groups excluding carboxylic acids is 2. The molecule has 1 saturated heterocycles. The van der Waals surface area contributed by atoms with Crippen LogP contribution < -0.4 is 4.90 Å². The lowest BCUT2D eigenvalue weighted by Crippen LogP contribution is -2.29. The number of aromatic hydroxyl groups is 1. The first kappa shape index (κ1) is 18.7. The molecular weight excluding hydrogens is 396 g/mol. The van der Waals surface area contributed by atoms with Crippen molar-refractivity contribution in [1.29, 1.82) is 0 Å². The number of hydrogen-bond donors (Lipinski definition) is 3. The molecule has 0 aliphatic carbocycles. The molecule has 0 spiro atoms. The lowest BCUT2D eigenvalue weighted by atomic mass is 9.98. The molecular formula is C24H18N2O5. The molecule has 1 amide bonds. The van der Waals surface area contributed by atoms with Crippen LogP contribution in [0.5, 0.6) is 5.75 Å². The number of fused-ring (bicyclic) bond motifs is 1. The summed E-state index contributed by atoms with van der Waals surface area (Å²) in [5, 5.41) is 22.4. The van der Waals surface area contributed by atoms with E-state index in [0.717, 1.165) is 11.1 Å². The van der Waals surface area contributed by atoms with Gasteiger partial charge in [-0.1, -0.05) is 24.3 Å². The van der Waals surface area contributed by atoms with E-state index in [1.807, 2.05) is 31.2 Å². The van der Waals surface area contributed by atoms with E-state index in [1.54, 1.807) is 30.5 Å². The lowest BCUT2D eigenvalue weighted by Gasteiger charge is -2.24. The summed E-state index contributed by atoms with van der Waals surface area (Å²) in [6.45, 7) is 1.81. The Kier molecular flexibility index (Phi) is 4.18. The first-order valence-corrected chi connectivity index (χ1v) is 9.68. The number of amides is 1. The van der Waals surface area contributed by atoms with E-state index in [0.29, 0.717) is 16.7 Å². The van der Waals surface area contributed by atoms with Gasteiger partial charge < -0.3 is 19.6 Å². The number of aliphatic hydroxyl groups excluding tert-OH is 1. The molecule has 0 bridgehead atoms. The molecule has 1 unspecified atom stereocenters. The van der Waals surface area contributed by atoms with Gasteiger partial charge in [0, 0.05) is 22.7 Å². The van der Waals surface area contributed by atoms with Gasteiger partial charge in [0.1, 0.15) is 23.3 Å². The topological polar surface area (TPSA) is 107 Å². The van der Waals surface area contributed by atoms with Crippen LogP contribution in [0.15, 0.2) is 77.0 Å². The summed E-state index contributed by atoms with van der Waals surface area (Å²) in [5.41, 5.74) is 2.04. The molecule has 7 nitrogen and oxygen atoms in total. The summed E-state index contributed by atoms with van der Waals surface area (Å²) in [6.07, 6.45) is 3.02. The number of phenolic OH excluding ortho intramolecular Hbond substituents is 1. The van der Waals surface area contributed by atoms with Crippen molar-refractivity contribution in [1.82, 2.24) is 4.98 Å². The Labute approximate surface area is 176 Å². The van der Waals surface area contributed by atoms with Crippen molar-refractivity contribution in [2.75, 3.05) is 4.90 Å². The molecule has 1 fully saturated rings. The molecule has 0 radical (unpaired) electrons. The number of aryl methyl sites for hydroxylation is 1. The number of nitrogens with zero attached hydrogens (tertiary/aromatic N) is 1. The smallest absolute Gasteiger partial charge is 0.300 e. The molecule has 2 aromatic heterocycles. The zero-order valence-electron chi connectivity index (χ0n) is 16.5. The molecule has 0 saturated carbocycles. The van der Waals surface area contributed by atoms with E-state index in [-0.39, 0.29) is 22.8 Å². The second kappa shape index (κ2) is 6.91. The average molecular weight is 414 g/mol. The number of ketones is 1. The van der Waals surface area contributed by atoms with Crippen molar-refractivity contribution >= 4 is 34.0 Å². The third kappa shape index (κ3) is 2.82. The van der Waals surface area contributed by atoms with Crippen molar-refractivity contribution in [3.8, 4) is 5.75 Å². The minimum absolute atomic E-state index is 0.106. The first-order valence-electron chi connectivity index (χ1n) is 9.68. The molecule has 154 valence electrons. The van der Waals surface area contributed by atoms with Gasteiger partial charge in [-0.3, -0.25) is 14.5 Å². The Morgan fingerprint density at radius 3 is 2.68 bits per heavy atom. The number of para-hydroxylation sites is 1. The van der Waals surface area contributed by atoms with E-state index in [1.165, 1.54) is 17.2 Å². The molecule has 5 rings (SSSR count). The van der Waals surface area contributed by atoms with Crippen LogP contribution in [0.2, 0.25) is 0 Å². The van der Waals surface area contributed by atoms with Crippen molar-refractivity contribution < 1.29 is 24.2 Å². The van der Waals surface area contributed by atoms with Gasteiger partial charge >= 0.3 is 0 Å². The number of nitrogens with one attached hydrogen (secondary N) is 1. The van der Waals surface area contributed by atoms with Gasteiger partial charge in [-0.15, -0.1) is 0 Å². The summed E-state index contributed by atoms with van der Waals surface area (Å²) in [7, 11) is 0. The van der Waals surface area contributed by atoms with Crippen LogP contribution in [-0.4, -0.2) is 26.9 Å². The summed E-state index contributed by atoms with van der Waals surface area (Å²) < 4.78 is 5.54. The quantitative estimate of drug-likeness (QED) is 0.262. The lowest BCUT2D eigenvalue weighted by molar-refractivity contribution is -0.132. The second-order valence-corrected chi connectivity index (χ2v) is 7.42. The Morgan fingerprint density at radius 2 is 1.90 bits per heavy atom. The van der Waals surface area contributed by atoms with E-state index in [4.69, 9.17) is 4.42 Å².